The molecular weight excluding hydrogens is 324 g/mol. The zero-order chi connectivity index (χ0) is 19.0. The fraction of sp³-hybridized carbons (Fsp3) is 0.364. The summed E-state index contributed by atoms with van der Waals surface area (Å²) >= 11 is 0. The molecule has 2 aromatic carbocycles. The molecular formula is C22H26N2O2. The molecule has 1 saturated carbocycles. The number of benzene rings is 2. The molecule has 0 bridgehead atoms. The lowest BCUT2D eigenvalue weighted by molar-refractivity contribution is -0.122. The van der Waals surface area contributed by atoms with E-state index >= 15 is 0 Å². The third-order valence-electron chi connectivity index (χ3n) is 4.88. The van der Waals surface area contributed by atoms with Crippen molar-refractivity contribution in [2.75, 3.05) is 10.6 Å². The van der Waals surface area contributed by atoms with Crippen LogP contribution < -0.4 is 10.6 Å². The molecule has 2 unspecified atom stereocenters. The normalized spacial score (nSPS) is 18.3. The number of nitrogens with one attached hydrogen (secondary N) is 2. The summed E-state index contributed by atoms with van der Waals surface area (Å²) < 4.78 is 0. The molecule has 1 aliphatic carbocycles. The van der Waals surface area contributed by atoms with Crippen molar-refractivity contribution in [2.45, 2.75) is 41.0 Å². The first-order valence-corrected chi connectivity index (χ1v) is 9.02. The highest BCUT2D eigenvalue weighted by molar-refractivity contribution is 6.03. The summed E-state index contributed by atoms with van der Waals surface area (Å²) in [5.41, 5.74) is 7.15. The molecule has 3 rings (SSSR count). The number of carbonyl (C=O) groups is 2. The van der Waals surface area contributed by atoms with Gasteiger partial charge in [-0.25, -0.2) is 0 Å². The fourth-order valence-electron chi connectivity index (χ4n) is 3.65. The van der Waals surface area contributed by atoms with Gasteiger partial charge in [-0.05, 0) is 75.4 Å². The molecule has 2 aromatic rings. The predicted molar refractivity (Wildman–Crippen MR) is 105 cm³/mol. The maximum absolute atomic E-state index is 12.5. The average molecular weight is 350 g/mol. The Bertz CT molecular complexity index is 842. The minimum atomic E-state index is -0.249. The molecule has 2 amide bonds. The van der Waals surface area contributed by atoms with Gasteiger partial charge in [0, 0.05) is 11.4 Å². The molecule has 1 aliphatic rings. The number of rotatable bonds is 4. The van der Waals surface area contributed by atoms with Crippen LogP contribution >= 0.6 is 0 Å². The van der Waals surface area contributed by atoms with Crippen LogP contribution in [0.5, 0.6) is 0 Å². The number of hydrogen-bond donors (Lipinski definition) is 2. The Balaban J connectivity index is 1.63. The largest absolute Gasteiger partial charge is 0.326 e. The van der Waals surface area contributed by atoms with Crippen molar-refractivity contribution in [3.63, 3.8) is 0 Å². The van der Waals surface area contributed by atoms with E-state index in [2.05, 4.69) is 28.8 Å². The third kappa shape index (κ3) is 3.96. The van der Waals surface area contributed by atoms with Crippen molar-refractivity contribution in [1.29, 1.82) is 0 Å². The van der Waals surface area contributed by atoms with E-state index in [1.807, 2.05) is 46.8 Å². The molecule has 2 atom stereocenters. The van der Waals surface area contributed by atoms with Gasteiger partial charge in [0.25, 0.3) is 0 Å². The number of anilines is 2. The minimum Gasteiger partial charge on any atom is -0.326 e. The smallest absolute Gasteiger partial charge is 0.228 e. The predicted octanol–water partition coefficient (Wildman–Crippen LogP) is 4.44. The monoisotopic (exact) mass is 350 g/mol. The van der Waals surface area contributed by atoms with Crippen LogP contribution in [0.2, 0.25) is 0 Å². The molecule has 0 heterocycles. The van der Waals surface area contributed by atoms with Crippen molar-refractivity contribution >= 4 is 23.2 Å². The Hall–Kier alpha value is -2.62. The van der Waals surface area contributed by atoms with Gasteiger partial charge in [-0.2, -0.15) is 0 Å². The second kappa shape index (κ2) is 6.94. The fourth-order valence-corrected chi connectivity index (χ4v) is 3.65. The molecule has 136 valence electrons. The van der Waals surface area contributed by atoms with E-state index in [0.29, 0.717) is 6.42 Å². The third-order valence-corrected chi connectivity index (χ3v) is 4.88. The molecule has 2 N–H and O–H groups in total. The standard InChI is InChI=1S/C22H26N2O2/c1-12-6-13(2)10-17(9-12)23-21(25)18-11-19(18)22(26)24-20-15(4)7-14(3)8-16(20)5/h6-10,18-19H,11H2,1-5H3,(H,23,25)(H,24,26). The zero-order valence-electron chi connectivity index (χ0n) is 16.1. The van der Waals surface area contributed by atoms with E-state index in [-0.39, 0.29) is 23.7 Å². The molecule has 4 heteroatoms. The lowest BCUT2D eigenvalue weighted by Crippen LogP contribution is -2.21. The van der Waals surface area contributed by atoms with E-state index in [1.165, 1.54) is 5.56 Å². The van der Waals surface area contributed by atoms with Gasteiger partial charge in [-0.1, -0.05) is 23.8 Å². The molecule has 0 aromatic heterocycles. The maximum atomic E-state index is 12.5. The first-order valence-electron chi connectivity index (χ1n) is 9.02. The zero-order valence-corrected chi connectivity index (χ0v) is 16.1. The van der Waals surface area contributed by atoms with Gasteiger partial charge in [0.05, 0.1) is 11.8 Å². The quantitative estimate of drug-likeness (QED) is 0.856. The Morgan fingerprint density at radius 3 is 1.73 bits per heavy atom. The van der Waals surface area contributed by atoms with E-state index in [1.54, 1.807) is 0 Å². The van der Waals surface area contributed by atoms with Crippen LogP contribution in [0, 0.1) is 46.5 Å². The first-order chi connectivity index (χ1) is 12.2. The second-order valence-corrected chi connectivity index (χ2v) is 7.58. The molecule has 1 fully saturated rings. The maximum Gasteiger partial charge on any atom is 0.228 e. The summed E-state index contributed by atoms with van der Waals surface area (Å²) in [4.78, 5) is 25.0. The van der Waals surface area contributed by atoms with E-state index in [9.17, 15) is 9.59 Å². The van der Waals surface area contributed by atoms with E-state index < -0.39 is 0 Å². The number of hydrogen-bond acceptors (Lipinski definition) is 2. The van der Waals surface area contributed by atoms with Gasteiger partial charge in [0.15, 0.2) is 0 Å². The van der Waals surface area contributed by atoms with Crippen molar-refractivity contribution in [3.8, 4) is 0 Å². The Morgan fingerprint density at radius 2 is 1.19 bits per heavy atom. The van der Waals surface area contributed by atoms with E-state index in [0.717, 1.165) is 33.6 Å². The summed E-state index contributed by atoms with van der Waals surface area (Å²) in [6.07, 6.45) is 0.604. The molecule has 4 nitrogen and oxygen atoms in total. The van der Waals surface area contributed by atoms with Gasteiger partial charge in [-0.3, -0.25) is 9.59 Å². The molecule has 26 heavy (non-hydrogen) atoms. The summed E-state index contributed by atoms with van der Waals surface area (Å²) in [6.45, 7) is 10.0. The highest BCUT2D eigenvalue weighted by Gasteiger charge is 2.48. The molecule has 0 saturated heterocycles. The minimum absolute atomic E-state index is 0.0689. The van der Waals surface area contributed by atoms with E-state index in [4.69, 9.17) is 0 Å². The van der Waals surface area contributed by atoms with Crippen LogP contribution in [-0.4, -0.2) is 11.8 Å². The van der Waals surface area contributed by atoms with Crippen LogP contribution in [0.25, 0.3) is 0 Å². The molecule has 0 radical (unpaired) electrons. The Morgan fingerprint density at radius 1 is 0.731 bits per heavy atom. The summed E-state index contributed by atoms with van der Waals surface area (Å²) in [7, 11) is 0. The number of amides is 2. The average Bonchev–Trinajstić information content (AvgIpc) is 3.30. The van der Waals surface area contributed by atoms with Gasteiger partial charge in [-0.15, -0.1) is 0 Å². The summed E-state index contributed by atoms with van der Waals surface area (Å²) in [5, 5.41) is 5.96. The number of aryl methyl sites for hydroxylation is 5. The summed E-state index contributed by atoms with van der Waals surface area (Å²) in [6, 6.07) is 10.1. The van der Waals surface area contributed by atoms with Crippen molar-refractivity contribution < 1.29 is 9.59 Å². The molecule has 0 aliphatic heterocycles. The lowest BCUT2D eigenvalue weighted by Gasteiger charge is -2.13. The highest BCUT2D eigenvalue weighted by Crippen LogP contribution is 2.40. The topological polar surface area (TPSA) is 58.2 Å². The first kappa shape index (κ1) is 18.2. The van der Waals surface area contributed by atoms with Crippen molar-refractivity contribution in [2.24, 2.45) is 11.8 Å². The van der Waals surface area contributed by atoms with Crippen LogP contribution in [0.1, 0.15) is 34.2 Å². The van der Waals surface area contributed by atoms with Gasteiger partial charge in [0.1, 0.15) is 0 Å². The SMILES string of the molecule is Cc1cc(C)cc(NC(=O)C2CC2C(=O)Nc2c(C)cc(C)cc2C)c1. The Kier molecular flexibility index (Phi) is 4.86. The highest BCUT2D eigenvalue weighted by atomic mass is 16.2. The lowest BCUT2D eigenvalue weighted by atomic mass is 10.0. The van der Waals surface area contributed by atoms with Crippen molar-refractivity contribution in [1.82, 2.24) is 0 Å². The molecule has 0 spiro atoms. The van der Waals surface area contributed by atoms with Gasteiger partial charge >= 0.3 is 0 Å². The van der Waals surface area contributed by atoms with Crippen LogP contribution in [0.15, 0.2) is 30.3 Å². The second-order valence-electron chi connectivity index (χ2n) is 7.58. The van der Waals surface area contributed by atoms with Crippen LogP contribution in [0.4, 0.5) is 11.4 Å². The Labute approximate surface area is 155 Å². The van der Waals surface area contributed by atoms with Crippen molar-refractivity contribution in [3.05, 3.63) is 58.1 Å². The van der Waals surface area contributed by atoms with Crippen LogP contribution in [-0.2, 0) is 9.59 Å². The van der Waals surface area contributed by atoms with Crippen LogP contribution in [0.3, 0.4) is 0 Å². The van der Waals surface area contributed by atoms with Gasteiger partial charge < -0.3 is 10.6 Å². The number of carbonyl (C=O) groups excluding carboxylic acids is 2. The van der Waals surface area contributed by atoms with Gasteiger partial charge in [0.2, 0.25) is 11.8 Å². The summed E-state index contributed by atoms with van der Waals surface area (Å²) in [5.74, 6) is -0.643.